The van der Waals surface area contributed by atoms with Gasteiger partial charge < -0.3 is 16.6 Å². The minimum Gasteiger partial charge on any atom is -0.403 e. The Hall–Kier alpha value is -1.12. The molecule has 0 aliphatic heterocycles. The van der Waals surface area contributed by atoms with Crippen LogP contribution in [0.3, 0.4) is 0 Å². The van der Waals surface area contributed by atoms with Crippen LogP contribution in [0.5, 0.6) is 0 Å². The van der Waals surface area contributed by atoms with Gasteiger partial charge in [-0.3, -0.25) is 0 Å². The van der Waals surface area contributed by atoms with E-state index in [2.05, 4.69) is 17.4 Å². The van der Waals surface area contributed by atoms with Crippen LogP contribution < -0.4 is 16.6 Å². The van der Waals surface area contributed by atoms with Crippen LogP contribution in [0.15, 0.2) is 25.2 Å². The highest BCUT2D eigenvalue weighted by atomic mass is 15.3. The van der Waals surface area contributed by atoms with E-state index < -0.39 is 0 Å². The van der Waals surface area contributed by atoms with Crippen LogP contribution in [0, 0.1) is 0 Å². The molecule has 3 heteroatoms. The summed E-state index contributed by atoms with van der Waals surface area (Å²) in [5.74, 6) is 0. The quantitative estimate of drug-likeness (QED) is 0.335. The molecule has 7 heavy (non-hydrogen) atoms. The van der Waals surface area contributed by atoms with E-state index in [0.717, 1.165) is 0 Å². The van der Waals surface area contributed by atoms with Crippen molar-refractivity contribution >= 4 is 0 Å². The second kappa shape index (κ2) is 4.88. The lowest BCUT2D eigenvalue weighted by atomic mass is 10.9. The van der Waals surface area contributed by atoms with E-state index in [1.54, 1.807) is 6.20 Å². The molecule has 0 aliphatic rings. The van der Waals surface area contributed by atoms with Crippen LogP contribution in [0.4, 0.5) is 0 Å². The summed E-state index contributed by atoms with van der Waals surface area (Å²) in [6.07, 6.45) is 4.46. The average Bonchev–Trinajstić information content (AvgIpc) is 1.69. The van der Waals surface area contributed by atoms with Gasteiger partial charge in [0.05, 0.1) is 0 Å². The summed E-state index contributed by atoms with van der Waals surface area (Å²) in [6, 6.07) is 0. The lowest BCUT2D eigenvalue weighted by Crippen LogP contribution is -2.19. The van der Waals surface area contributed by atoms with E-state index in [-0.39, 0.29) is 0 Å². The van der Waals surface area contributed by atoms with Crippen molar-refractivity contribution < 1.29 is 0 Å². The molecule has 0 aromatic carbocycles. The van der Waals surface area contributed by atoms with Gasteiger partial charge in [-0.15, -0.1) is 0 Å². The van der Waals surface area contributed by atoms with Gasteiger partial charge in [0.25, 0.3) is 0 Å². The lowest BCUT2D eigenvalue weighted by molar-refractivity contribution is 0.777. The van der Waals surface area contributed by atoms with Crippen molar-refractivity contribution in [1.82, 2.24) is 10.9 Å². The Balaban J connectivity index is 2.82. The Morgan fingerprint density at radius 1 is 1.43 bits per heavy atom. The Morgan fingerprint density at radius 3 is 2.57 bits per heavy atom. The number of nitrogens with one attached hydrogen (secondary N) is 2. The van der Waals surface area contributed by atoms with E-state index in [0.29, 0.717) is 0 Å². The topological polar surface area (TPSA) is 50.1 Å². The first-order valence-electron chi connectivity index (χ1n) is 1.90. The minimum absolute atomic E-state index is 1.39. The molecule has 40 valence electrons. The first kappa shape index (κ1) is 5.88. The molecule has 0 saturated carbocycles. The molecule has 0 atom stereocenters. The second-order valence-electron chi connectivity index (χ2n) is 0.852. The summed E-state index contributed by atoms with van der Waals surface area (Å²) in [4.78, 5) is 0. The summed E-state index contributed by atoms with van der Waals surface area (Å²) in [5, 5.41) is 0. The van der Waals surface area contributed by atoms with E-state index in [9.17, 15) is 0 Å². The van der Waals surface area contributed by atoms with Gasteiger partial charge in [0, 0.05) is 18.6 Å². The maximum Gasteiger partial charge on any atom is 0.0332 e. The molecule has 0 aliphatic carbocycles. The van der Waals surface area contributed by atoms with Crippen LogP contribution in [-0.4, -0.2) is 0 Å². The summed E-state index contributed by atoms with van der Waals surface area (Å²) in [5.41, 5.74) is 10.2. The van der Waals surface area contributed by atoms with Gasteiger partial charge in [-0.2, -0.15) is 0 Å². The Labute approximate surface area is 42.9 Å². The molecule has 0 spiro atoms. The van der Waals surface area contributed by atoms with E-state index >= 15 is 0 Å². The third-order valence-corrected chi connectivity index (χ3v) is 0.365. The monoisotopic (exact) mass is 99.1 g/mol. The van der Waals surface area contributed by atoms with Crippen molar-refractivity contribution in [3.05, 3.63) is 25.2 Å². The molecule has 0 aromatic heterocycles. The molecule has 0 unspecified atom stereocenters. The molecule has 0 amide bonds. The molecule has 0 saturated heterocycles. The fourth-order valence-corrected chi connectivity index (χ4v) is 0.155. The average molecular weight is 99.1 g/mol. The number of hydrogen-bond donors (Lipinski definition) is 3. The van der Waals surface area contributed by atoms with Gasteiger partial charge in [-0.05, 0) is 0 Å². The molecule has 0 radical (unpaired) electrons. The summed E-state index contributed by atoms with van der Waals surface area (Å²) in [7, 11) is 0. The van der Waals surface area contributed by atoms with Crippen LogP contribution in [0.2, 0.25) is 0 Å². The van der Waals surface area contributed by atoms with Crippen LogP contribution in [0.25, 0.3) is 0 Å². The molecule has 0 aromatic rings. The summed E-state index contributed by atoms with van der Waals surface area (Å²) < 4.78 is 0. The fraction of sp³-hybridized carbons (Fsp3) is 0. The number of nitrogens with two attached hydrogens (primary N) is 1. The highest BCUT2D eigenvalue weighted by molar-refractivity contribution is 4.72. The standard InChI is InChI=1S/C4H9N3/c1-2-6-7-4-3-5/h2-4,6-7H,1,5H2/b4-3-. The van der Waals surface area contributed by atoms with Crippen molar-refractivity contribution in [1.29, 1.82) is 0 Å². The molecular formula is C4H9N3. The third kappa shape index (κ3) is 4.88. The summed E-state index contributed by atoms with van der Waals surface area (Å²) >= 11 is 0. The maximum absolute atomic E-state index is 4.95. The van der Waals surface area contributed by atoms with Gasteiger partial charge in [0.2, 0.25) is 0 Å². The first-order valence-corrected chi connectivity index (χ1v) is 1.90. The zero-order chi connectivity index (χ0) is 5.54. The zero-order valence-corrected chi connectivity index (χ0v) is 4.02. The fourth-order valence-electron chi connectivity index (χ4n) is 0.155. The van der Waals surface area contributed by atoms with Gasteiger partial charge in [-0.1, -0.05) is 6.58 Å². The zero-order valence-electron chi connectivity index (χ0n) is 4.02. The molecule has 0 rings (SSSR count). The van der Waals surface area contributed by atoms with Crippen LogP contribution >= 0.6 is 0 Å². The summed E-state index contributed by atoms with van der Waals surface area (Å²) in [6.45, 7) is 3.38. The lowest BCUT2D eigenvalue weighted by Gasteiger charge is -1.93. The van der Waals surface area contributed by atoms with Crippen molar-refractivity contribution in [2.75, 3.05) is 0 Å². The van der Waals surface area contributed by atoms with Gasteiger partial charge in [0.15, 0.2) is 0 Å². The van der Waals surface area contributed by atoms with E-state index in [4.69, 9.17) is 5.73 Å². The predicted octanol–water partition coefficient (Wildman–Crippen LogP) is -0.346. The number of hydrogen-bond acceptors (Lipinski definition) is 3. The van der Waals surface area contributed by atoms with Crippen LogP contribution in [-0.2, 0) is 0 Å². The van der Waals surface area contributed by atoms with E-state index in [1.165, 1.54) is 12.4 Å². The molecular weight excluding hydrogens is 90.1 g/mol. The minimum atomic E-state index is 1.39. The van der Waals surface area contributed by atoms with Crippen molar-refractivity contribution in [2.24, 2.45) is 5.73 Å². The first-order chi connectivity index (χ1) is 3.41. The van der Waals surface area contributed by atoms with E-state index in [1.807, 2.05) is 0 Å². The normalized spacial score (nSPS) is 8.57. The number of hydrazine groups is 1. The number of rotatable bonds is 3. The Kier molecular flexibility index (Phi) is 4.10. The molecule has 0 fully saturated rings. The Morgan fingerprint density at radius 2 is 2.14 bits per heavy atom. The SMILES string of the molecule is C=CNN/C=C\N. The Bertz CT molecular complexity index is 67.3. The molecule has 0 bridgehead atoms. The molecule has 4 N–H and O–H groups in total. The maximum atomic E-state index is 4.95. The van der Waals surface area contributed by atoms with Gasteiger partial charge in [0.1, 0.15) is 0 Å². The third-order valence-electron chi connectivity index (χ3n) is 0.365. The second-order valence-corrected chi connectivity index (χ2v) is 0.852. The van der Waals surface area contributed by atoms with Gasteiger partial charge >= 0.3 is 0 Å². The van der Waals surface area contributed by atoms with Crippen molar-refractivity contribution in [3.8, 4) is 0 Å². The predicted molar refractivity (Wildman–Crippen MR) is 29.8 cm³/mol. The highest BCUT2D eigenvalue weighted by Crippen LogP contribution is 1.48. The van der Waals surface area contributed by atoms with Crippen molar-refractivity contribution in [2.45, 2.75) is 0 Å². The molecule has 3 nitrogen and oxygen atoms in total. The highest BCUT2D eigenvalue weighted by Gasteiger charge is 1.57. The van der Waals surface area contributed by atoms with Crippen molar-refractivity contribution in [3.63, 3.8) is 0 Å². The van der Waals surface area contributed by atoms with Gasteiger partial charge in [-0.25, -0.2) is 0 Å². The largest absolute Gasteiger partial charge is 0.403 e. The smallest absolute Gasteiger partial charge is 0.0332 e. The molecule has 0 heterocycles. The van der Waals surface area contributed by atoms with Crippen LogP contribution in [0.1, 0.15) is 0 Å².